The summed E-state index contributed by atoms with van der Waals surface area (Å²) in [6, 6.07) is 9.80. The summed E-state index contributed by atoms with van der Waals surface area (Å²) in [6.45, 7) is 2.77. The van der Waals surface area contributed by atoms with Crippen molar-refractivity contribution in [2.45, 2.75) is 25.3 Å². The molecule has 7 nitrogen and oxygen atoms in total. The molecule has 0 N–H and O–H groups in total. The van der Waals surface area contributed by atoms with E-state index >= 15 is 0 Å². The van der Waals surface area contributed by atoms with Crippen molar-refractivity contribution >= 4 is 0 Å². The summed E-state index contributed by atoms with van der Waals surface area (Å²) in [5.74, 6) is 3.12. The van der Waals surface area contributed by atoms with Crippen LogP contribution in [0.25, 0.3) is 11.5 Å². The molecule has 28 heavy (non-hydrogen) atoms. The van der Waals surface area contributed by atoms with Gasteiger partial charge in [0, 0.05) is 30.4 Å². The van der Waals surface area contributed by atoms with Crippen LogP contribution >= 0.6 is 0 Å². The smallest absolute Gasteiger partial charge is 0.249 e. The molecule has 0 aliphatic carbocycles. The van der Waals surface area contributed by atoms with E-state index in [2.05, 4.69) is 26.1 Å². The highest BCUT2D eigenvalue weighted by atomic mass is 16.5. The van der Waals surface area contributed by atoms with Gasteiger partial charge < -0.3 is 13.9 Å². The number of ether oxygens (including phenoxy) is 2. The molecule has 7 heteroatoms. The first-order valence-electron chi connectivity index (χ1n) is 9.44. The third-order valence-corrected chi connectivity index (χ3v) is 5.16. The van der Waals surface area contributed by atoms with E-state index in [0.717, 1.165) is 61.0 Å². The lowest BCUT2D eigenvalue weighted by molar-refractivity contribution is 0.191. The van der Waals surface area contributed by atoms with Gasteiger partial charge in [0.2, 0.25) is 11.8 Å². The van der Waals surface area contributed by atoms with Crippen molar-refractivity contribution in [1.82, 2.24) is 20.1 Å². The highest BCUT2D eigenvalue weighted by Gasteiger charge is 2.26. The van der Waals surface area contributed by atoms with Gasteiger partial charge in [0.15, 0.2) is 11.5 Å². The summed E-state index contributed by atoms with van der Waals surface area (Å²) in [5.41, 5.74) is 1.99. The van der Waals surface area contributed by atoms with E-state index in [1.54, 1.807) is 26.6 Å². The van der Waals surface area contributed by atoms with Crippen LogP contribution in [0.15, 0.2) is 47.1 Å². The highest BCUT2D eigenvalue weighted by Crippen LogP contribution is 2.34. The maximum atomic E-state index is 5.91. The van der Waals surface area contributed by atoms with Gasteiger partial charge in [-0.3, -0.25) is 9.88 Å². The zero-order valence-electron chi connectivity index (χ0n) is 16.2. The van der Waals surface area contributed by atoms with Crippen molar-refractivity contribution < 1.29 is 13.9 Å². The number of rotatable bonds is 6. The Balaban J connectivity index is 1.39. The molecular formula is C21H24N4O3. The third kappa shape index (κ3) is 3.84. The number of hydrogen-bond acceptors (Lipinski definition) is 7. The monoisotopic (exact) mass is 380 g/mol. The summed E-state index contributed by atoms with van der Waals surface area (Å²) in [6.07, 6.45) is 5.44. The van der Waals surface area contributed by atoms with Gasteiger partial charge in [-0.2, -0.15) is 0 Å². The first kappa shape index (κ1) is 18.4. The molecule has 0 unspecified atom stereocenters. The minimum absolute atomic E-state index is 0.293. The van der Waals surface area contributed by atoms with E-state index < -0.39 is 0 Å². The van der Waals surface area contributed by atoms with Crippen molar-refractivity contribution in [3.8, 4) is 23.0 Å². The third-order valence-electron chi connectivity index (χ3n) is 5.16. The molecule has 0 spiro atoms. The zero-order chi connectivity index (χ0) is 19.3. The maximum absolute atomic E-state index is 5.91. The fourth-order valence-corrected chi connectivity index (χ4v) is 3.66. The van der Waals surface area contributed by atoms with Gasteiger partial charge in [-0.15, -0.1) is 10.2 Å². The molecule has 0 bridgehead atoms. The van der Waals surface area contributed by atoms with Gasteiger partial charge >= 0.3 is 0 Å². The van der Waals surface area contributed by atoms with E-state index in [0.29, 0.717) is 11.8 Å². The van der Waals surface area contributed by atoms with Crippen molar-refractivity contribution in [1.29, 1.82) is 0 Å². The molecule has 1 aliphatic rings. The Morgan fingerprint density at radius 2 is 1.93 bits per heavy atom. The number of benzene rings is 1. The fourth-order valence-electron chi connectivity index (χ4n) is 3.66. The van der Waals surface area contributed by atoms with Crippen LogP contribution < -0.4 is 9.47 Å². The van der Waals surface area contributed by atoms with Gasteiger partial charge in [-0.05, 0) is 44.1 Å². The van der Waals surface area contributed by atoms with E-state index in [4.69, 9.17) is 13.9 Å². The molecule has 0 saturated carbocycles. The normalized spacial score (nSPS) is 15.5. The summed E-state index contributed by atoms with van der Waals surface area (Å²) in [5, 5.41) is 8.47. The molecule has 3 heterocycles. The lowest BCUT2D eigenvalue weighted by Gasteiger charge is -2.30. The van der Waals surface area contributed by atoms with Crippen molar-refractivity contribution in [3.05, 3.63) is 54.2 Å². The lowest BCUT2D eigenvalue weighted by Crippen LogP contribution is -2.32. The van der Waals surface area contributed by atoms with Gasteiger partial charge in [0.25, 0.3) is 0 Å². The van der Waals surface area contributed by atoms with Gasteiger partial charge in [0.1, 0.15) is 0 Å². The number of pyridine rings is 1. The molecule has 1 fully saturated rings. The van der Waals surface area contributed by atoms with Crippen LogP contribution in [-0.2, 0) is 6.54 Å². The second kappa shape index (κ2) is 8.39. The molecule has 0 radical (unpaired) electrons. The van der Waals surface area contributed by atoms with Crippen molar-refractivity contribution in [2.75, 3.05) is 27.3 Å². The number of piperidine rings is 1. The van der Waals surface area contributed by atoms with Crippen LogP contribution in [0, 0.1) is 0 Å². The van der Waals surface area contributed by atoms with Gasteiger partial charge in [-0.25, -0.2) is 0 Å². The standard InChI is InChI=1S/C21H24N4O3/c1-26-18-7-3-5-17(19(18)27-2)14-25-11-8-15(9-12-25)20-23-24-21(28-20)16-6-4-10-22-13-16/h3-7,10,13,15H,8-9,11-12,14H2,1-2H3. The molecule has 1 aromatic carbocycles. The lowest BCUT2D eigenvalue weighted by atomic mass is 9.96. The molecule has 0 atom stereocenters. The molecule has 1 saturated heterocycles. The average molecular weight is 380 g/mol. The van der Waals surface area contributed by atoms with E-state index in [-0.39, 0.29) is 0 Å². The SMILES string of the molecule is COc1cccc(CN2CCC(c3nnc(-c4cccnc4)o3)CC2)c1OC. The summed E-state index contributed by atoms with van der Waals surface area (Å²) < 4.78 is 16.9. The van der Waals surface area contributed by atoms with Gasteiger partial charge in [0.05, 0.1) is 19.8 Å². The fraction of sp³-hybridized carbons (Fsp3) is 0.381. The molecule has 0 amide bonds. The minimum atomic E-state index is 0.293. The number of hydrogen-bond donors (Lipinski definition) is 0. The van der Waals surface area contributed by atoms with Crippen LogP contribution in [0.1, 0.15) is 30.2 Å². The molecule has 4 rings (SSSR count). The zero-order valence-corrected chi connectivity index (χ0v) is 16.2. The average Bonchev–Trinajstić information content (AvgIpc) is 3.25. The highest BCUT2D eigenvalue weighted by molar-refractivity contribution is 5.50. The second-order valence-corrected chi connectivity index (χ2v) is 6.89. The quantitative estimate of drug-likeness (QED) is 0.648. The van der Waals surface area contributed by atoms with E-state index in [1.807, 2.05) is 24.3 Å². The number of aromatic nitrogens is 3. The van der Waals surface area contributed by atoms with Crippen molar-refractivity contribution in [2.24, 2.45) is 0 Å². The number of nitrogens with zero attached hydrogens (tertiary/aromatic N) is 4. The Bertz CT molecular complexity index is 905. The molecule has 2 aromatic heterocycles. The number of methoxy groups -OCH3 is 2. The Morgan fingerprint density at radius 1 is 1.07 bits per heavy atom. The first-order valence-corrected chi connectivity index (χ1v) is 9.44. The topological polar surface area (TPSA) is 73.5 Å². The van der Waals surface area contributed by atoms with Gasteiger partial charge in [-0.1, -0.05) is 12.1 Å². The molecule has 146 valence electrons. The molecular weight excluding hydrogens is 356 g/mol. The minimum Gasteiger partial charge on any atom is -0.493 e. The Kier molecular flexibility index (Phi) is 5.53. The van der Waals surface area contributed by atoms with Crippen LogP contribution in [0.3, 0.4) is 0 Å². The van der Waals surface area contributed by atoms with Crippen LogP contribution in [0.4, 0.5) is 0 Å². The second-order valence-electron chi connectivity index (χ2n) is 6.89. The molecule has 1 aliphatic heterocycles. The van der Waals surface area contributed by atoms with E-state index in [1.165, 1.54) is 0 Å². The number of likely N-dealkylation sites (tertiary alicyclic amines) is 1. The molecule has 3 aromatic rings. The van der Waals surface area contributed by atoms with Crippen LogP contribution in [-0.4, -0.2) is 47.4 Å². The predicted octanol–water partition coefficient (Wildman–Crippen LogP) is 3.53. The Labute approximate surface area is 164 Å². The maximum Gasteiger partial charge on any atom is 0.249 e. The predicted molar refractivity (Wildman–Crippen MR) is 104 cm³/mol. The number of para-hydroxylation sites is 1. The summed E-state index contributed by atoms with van der Waals surface area (Å²) in [7, 11) is 3.35. The van der Waals surface area contributed by atoms with Crippen LogP contribution in [0.5, 0.6) is 11.5 Å². The summed E-state index contributed by atoms with van der Waals surface area (Å²) in [4.78, 5) is 6.53. The van der Waals surface area contributed by atoms with Crippen LogP contribution in [0.2, 0.25) is 0 Å². The van der Waals surface area contributed by atoms with Crippen molar-refractivity contribution in [3.63, 3.8) is 0 Å². The first-order chi connectivity index (χ1) is 13.8. The Morgan fingerprint density at radius 3 is 2.64 bits per heavy atom. The largest absolute Gasteiger partial charge is 0.493 e. The Hall–Kier alpha value is -2.93. The summed E-state index contributed by atoms with van der Waals surface area (Å²) >= 11 is 0. The van der Waals surface area contributed by atoms with E-state index in [9.17, 15) is 0 Å².